The molecular formula is C23H34N2O2. The van der Waals surface area contributed by atoms with Crippen molar-refractivity contribution in [2.24, 2.45) is 40.2 Å². The number of nitrogens with two attached hydrogens (primary N) is 1. The largest absolute Gasteiger partial charge is 0.398 e. The van der Waals surface area contributed by atoms with Gasteiger partial charge in [0.05, 0.1) is 0 Å². The lowest BCUT2D eigenvalue weighted by molar-refractivity contribution is -0.160. The maximum absolute atomic E-state index is 12.4. The second-order valence-corrected chi connectivity index (χ2v) is 10.2. The predicted octanol–water partition coefficient (Wildman–Crippen LogP) is 3.99. The van der Waals surface area contributed by atoms with Crippen LogP contribution in [0.15, 0.2) is 22.9 Å². The summed E-state index contributed by atoms with van der Waals surface area (Å²) in [6.45, 7) is 8.41. The van der Waals surface area contributed by atoms with Gasteiger partial charge in [-0.05, 0) is 86.2 Å². The minimum Gasteiger partial charge on any atom is -0.398 e. The lowest BCUT2D eigenvalue weighted by atomic mass is 9.44. The molecule has 0 saturated heterocycles. The molecule has 3 fully saturated rings. The van der Waals surface area contributed by atoms with Crippen LogP contribution in [0.2, 0.25) is 0 Å². The third-order valence-electron chi connectivity index (χ3n) is 9.22. The Labute approximate surface area is 162 Å². The van der Waals surface area contributed by atoms with Crippen molar-refractivity contribution < 1.29 is 9.90 Å². The second kappa shape index (κ2) is 5.79. The smallest absolute Gasteiger partial charge is 0.161 e. The van der Waals surface area contributed by atoms with E-state index in [1.54, 1.807) is 6.92 Å². The summed E-state index contributed by atoms with van der Waals surface area (Å²) in [5.74, 6) is 1.87. The lowest BCUT2D eigenvalue weighted by Gasteiger charge is -2.60. The van der Waals surface area contributed by atoms with Gasteiger partial charge in [0.15, 0.2) is 5.78 Å². The first-order valence-electron chi connectivity index (χ1n) is 10.5. The highest BCUT2D eigenvalue weighted by molar-refractivity contribution is 5.86. The van der Waals surface area contributed by atoms with Crippen molar-refractivity contribution in [3.63, 3.8) is 0 Å². The van der Waals surface area contributed by atoms with Gasteiger partial charge in [0.25, 0.3) is 0 Å². The summed E-state index contributed by atoms with van der Waals surface area (Å²) < 4.78 is 0. The molecule has 0 spiro atoms. The van der Waals surface area contributed by atoms with Gasteiger partial charge in [-0.25, -0.2) is 0 Å². The van der Waals surface area contributed by atoms with E-state index >= 15 is 0 Å². The first-order valence-corrected chi connectivity index (χ1v) is 10.5. The lowest BCUT2D eigenvalue weighted by Crippen LogP contribution is -2.57. The van der Waals surface area contributed by atoms with Crippen LogP contribution < -0.4 is 5.73 Å². The maximum atomic E-state index is 12.4. The Kier molecular flexibility index (Phi) is 4.06. The number of nitrogens with one attached hydrogen (secondary N) is 1. The summed E-state index contributed by atoms with van der Waals surface area (Å²) >= 11 is 0. The molecule has 4 unspecified atom stereocenters. The average molecular weight is 371 g/mol. The number of rotatable bonds is 2. The summed E-state index contributed by atoms with van der Waals surface area (Å²) in [4.78, 5) is 12.4. The zero-order valence-electron chi connectivity index (χ0n) is 17.1. The minimum atomic E-state index is -1.15. The molecule has 4 N–H and O–H groups in total. The van der Waals surface area contributed by atoms with E-state index in [0.717, 1.165) is 43.4 Å². The van der Waals surface area contributed by atoms with Gasteiger partial charge >= 0.3 is 0 Å². The van der Waals surface area contributed by atoms with Crippen LogP contribution in [0.4, 0.5) is 0 Å². The molecule has 4 heteroatoms. The molecule has 4 rings (SSSR count). The fourth-order valence-electron chi connectivity index (χ4n) is 7.75. The number of hydrogen-bond acceptors (Lipinski definition) is 4. The fraction of sp³-hybridized carbons (Fsp3) is 0.739. The van der Waals surface area contributed by atoms with E-state index in [1.165, 1.54) is 11.8 Å². The van der Waals surface area contributed by atoms with Crippen LogP contribution in [-0.2, 0) is 4.79 Å². The van der Waals surface area contributed by atoms with Crippen LogP contribution in [0.3, 0.4) is 0 Å². The van der Waals surface area contributed by atoms with Crippen LogP contribution in [0.5, 0.6) is 0 Å². The van der Waals surface area contributed by atoms with E-state index in [4.69, 9.17) is 11.1 Å². The Morgan fingerprint density at radius 2 is 1.96 bits per heavy atom. The highest BCUT2D eigenvalue weighted by atomic mass is 16.3. The van der Waals surface area contributed by atoms with Gasteiger partial charge in [-0.15, -0.1) is 0 Å². The van der Waals surface area contributed by atoms with Crippen molar-refractivity contribution in [3.8, 4) is 0 Å². The molecular weight excluding hydrogens is 336 g/mol. The number of carbonyl (C=O) groups is 1. The number of aliphatic hydroxyl groups is 1. The van der Waals surface area contributed by atoms with Crippen molar-refractivity contribution in [2.45, 2.75) is 71.8 Å². The summed E-state index contributed by atoms with van der Waals surface area (Å²) in [7, 11) is 0. The highest BCUT2D eigenvalue weighted by Gasteiger charge is 2.66. The van der Waals surface area contributed by atoms with Gasteiger partial charge < -0.3 is 16.2 Å². The molecule has 0 heterocycles. The van der Waals surface area contributed by atoms with Crippen LogP contribution >= 0.6 is 0 Å². The van der Waals surface area contributed by atoms with E-state index in [2.05, 4.69) is 26.8 Å². The SMILES string of the molecule is CC(=O)[C@@]1(O)CCC2C3C[C@H](C)C4=CC(N)=C(C=N)CC4(C)[C@H]3CCC21C. The van der Waals surface area contributed by atoms with Crippen LogP contribution in [0, 0.1) is 39.9 Å². The zero-order chi connectivity index (χ0) is 19.8. The molecule has 0 aromatic rings. The molecule has 27 heavy (non-hydrogen) atoms. The first-order chi connectivity index (χ1) is 12.6. The van der Waals surface area contributed by atoms with E-state index in [-0.39, 0.29) is 16.6 Å². The van der Waals surface area contributed by atoms with Crippen LogP contribution in [-0.4, -0.2) is 22.7 Å². The first kappa shape index (κ1) is 18.9. The summed E-state index contributed by atoms with van der Waals surface area (Å²) in [5, 5.41) is 19.1. The number of carbonyl (C=O) groups excluding carboxylic acids is 1. The third-order valence-corrected chi connectivity index (χ3v) is 9.22. The van der Waals surface area contributed by atoms with Crippen molar-refractivity contribution in [1.82, 2.24) is 0 Å². The Bertz CT molecular complexity index is 768. The molecule has 3 saturated carbocycles. The Morgan fingerprint density at radius 1 is 1.30 bits per heavy atom. The van der Waals surface area contributed by atoms with Gasteiger partial charge in [-0.2, -0.15) is 0 Å². The average Bonchev–Trinajstić information content (AvgIpc) is 2.89. The van der Waals surface area contributed by atoms with Gasteiger partial charge in [0, 0.05) is 17.3 Å². The van der Waals surface area contributed by atoms with Crippen molar-refractivity contribution in [3.05, 3.63) is 22.9 Å². The number of hydrogen-bond donors (Lipinski definition) is 3. The highest BCUT2D eigenvalue weighted by Crippen LogP contribution is 2.68. The van der Waals surface area contributed by atoms with Crippen molar-refractivity contribution in [2.75, 3.05) is 0 Å². The minimum absolute atomic E-state index is 0.0380. The molecule has 0 aromatic carbocycles. The van der Waals surface area contributed by atoms with Crippen molar-refractivity contribution in [1.29, 1.82) is 5.41 Å². The summed E-state index contributed by atoms with van der Waals surface area (Å²) in [5.41, 5.74) is 7.99. The monoisotopic (exact) mass is 370 g/mol. The van der Waals surface area contributed by atoms with E-state index < -0.39 is 5.60 Å². The number of allylic oxidation sites excluding steroid dienone is 3. The number of ketones is 1. The molecule has 4 aliphatic carbocycles. The standard InChI is InChI=1S/C23H34N2O2/c1-13-9-16-17(21(3)11-15(12-24)20(25)10-19(13)21)5-7-22(4)18(16)6-8-23(22,27)14(2)26/h10,12-13,16-18,24,27H,5-9,11,25H2,1-4H3/t13-,16?,17-,18?,21?,22?,23-/m0/s1. The normalized spacial score (nSPS) is 49.0. The number of Topliss-reactive ketones (excluding diaryl/α,β-unsaturated/α-hetero) is 1. The van der Waals surface area contributed by atoms with Gasteiger partial charge in [-0.3, -0.25) is 4.79 Å². The molecule has 148 valence electrons. The predicted molar refractivity (Wildman–Crippen MR) is 107 cm³/mol. The molecule has 0 aliphatic heterocycles. The quantitative estimate of drug-likeness (QED) is 0.642. The zero-order valence-corrected chi connectivity index (χ0v) is 17.1. The molecule has 0 radical (unpaired) electrons. The van der Waals surface area contributed by atoms with E-state index in [0.29, 0.717) is 30.1 Å². The van der Waals surface area contributed by atoms with E-state index in [1.807, 2.05) is 0 Å². The molecule has 0 amide bonds. The summed E-state index contributed by atoms with van der Waals surface area (Å²) in [6.07, 6.45) is 9.06. The summed E-state index contributed by atoms with van der Waals surface area (Å²) in [6, 6.07) is 0. The maximum Gasteiger partial charge on any atom is 0.161 e. The molecule has 4 aliphatic rings. The number of fused-ring (bicyclic) bond motifs is 5. The second-order valence-electron chi connectivity index (χ2n) is 10.2. The third kappa shape index (κ3) is 2.25. The van der Waals surface area contributed by atoms with Crippen LogP contribution in [0.25, 0.3) is 0 Å². The van der Waals surface area contributed by atoms with Gasteiger partial charge in [-0.1, -0.05) is 26.3 Å². The van der Waals surface area contributed by atoms with Crippen LogP contribution in [0.1, 0.15) is 66.2 Å². The Morgan fingerprint density at radius 3 is 2.59 bits per heavy atom. The molecule has 4 nitrogen and oxygen atoms in total. The van der Waals surface area contributed by atoms with Crippen molar-refractivity contribution >= 4 is 12.0 Å². The van der Waals surface area contributed by atoms with E-state index in [9.17, 15) is 9.90 Å². The Hall–Kier alpha value is -1.42. The topological polar surface area (TPSA) is 87.2 Å². The molecule has 0 bridgehead atoms. The van der Waals surface area contributed by atoms with Gasteiger partial charge in [0.2, 0.25) is 0 Å². The molecule has 0 aromatic heterocycles. The fourth-order valence-corrected chi connectivity index (χ4v) is 7.75. The molecule has 7 atom stereocenters. The Balaban J connectivity index is 1.74. The van der Waals surface area contributed by atoms with Gasteiger partial charge in [0.1, 0.15) is 5.60 Å².